The Morgan fingerprint density at radius 2 is 0.524 bits per heavy atom. The number of nitrogens with zero attached hydrogens (tertiary/aromatic N) is 8. The summed E-state index contributed by atoms with van der Waals surface area (Å²) in [6.07, 6.45) is 46.3. The Hall–Kier alpha value is -13.2. The minimum absolute atomic E-state index is 0.0554. The summed E-state index contributed by atoms with van der Waals surface area (Å²) in [7, 11) is 2.46. The smallest absolute Gasteiger partial charge is 0.333 e. The number of carbonyl (C=O) groups excluding carboxylic acids is 18. The molecule has 0 radical (unpaired) electrons. The van der Waals surface area contributed by atoms with Gasteiger partial charge in [0, 0.05) is 241 Å². The average molecular weight is 2050 g/mol. The lowest BCUT2D eigenvalue weighted by Gasteiger charge is -2.20. The molecule has 8 saturated heterocycles. The number of rotatable bonds is 53. The van der Waals surface area contributed by atoms with Crippen molar-refractivity contribution in [1.82, 2.24) is 60.5 Å². The molecule has 0 aliphatic carbocycles. The molecule has 12 amide bonds. The normalized spacial score (nSPS) is 15.6. The van der Waals surface area contributed by atoms with E-state index in [9.17, 15) is 101 Å². The number of ether oxygens (including phenoxy) is 6. The Labute approximate surface area is 852 Å². The fraction of sp³-hybridized carbons (Fsp3) is 0.641. The molecule has 42 heteroatoms. The van der Waals surface area contributed by atoms with Gasteiger partial charge in [-0.2, -0.15) is 0 Å². The number of esters is 6. The molecule has 0 saturated carbocycles. The maximum Gasteiger partial charge on any atom is 0.333 e. The Morgan fingerprint density at radius 3 is 0.834 bits per heavy atom. The Balaban J connectivity index is 0.000000830. The molecule has 8 rings (SSSR count). The Bertz CT molecular complexity index is 4060. The summed E-state index contributed by atoms with van der Waals surface area (Å²) in [5, 5.41) is 35.5. The molecular weight excluding hydrogens is 1890 g/mol. The van der Waals surface area contributed by atoms with Crippen molar-refractivity contribution in [3.05, 3.63) is 97.7 Å². The monoisotopic (exact) mass is 2050 g/mol. The van der Waals surface area contributed by atoms with Gasteiger partial charge in [-0.05, 0) is 155 Å². The number of carboxylic acids is 3. The summed E-state index contributed by atoms with van der Waals surface area (Å²) >= 11 is 0. The third kappa shape index (κ3) is 70.2. The highest BCUT2D eigenvalue weighted by Gasteiger charge is 2.26. The number of carbonyl (C=O) groups is 21. The van der Waals surface area contributed by atoms with Gasteiger partial charge in [-0.25, -0.2) is 43.2 Å². The van der Waals surface area contributed by atoms with Gasteiger partial charge in [0.2, 0.25) is 70.9 Å². The highest BCUT2D eigenvalue weighted by molar-refractivity contribution is 5.96. The van der Waals surface area contributed by atoms with Crippen LogP contribution in [-0.4, -0.2) is 351 Å². The topological polar surface area (TPSA) is 549 Å². The lowest BCUT2D eigenvalue weighted by atomic mass is 10.2. The maximum absolute atomic E-state index is 11.8. The number of aliphatic carboxylic acids is 3. The van der Waals surface area contributed by atoms with E-state index >= 15 is 0 Å². The molecule has 145 heavy (non-hydrogen) atoms. The first-order valence-corrected chi connectivity index (χ1v) is 50.7. The van der Waals surface area contributed by atoms with Gasteiger partial charge >= 0.3 is 53.7 Å². The van der Waals surface area contributed by atoms with Crippen LogP contribution in [0.2, 0.25) is 0 Å². The predicted molar refractivity (Wildman–Crippen MR) is 536 cm³/mol. The summed E-state index contributed by atoms with van der Waals surface area (Å²) in [6, 6.07) is 0. The quantitative estimate of drug-likeness (QED) is 0.0132. The van der Waals surface area contributed by atoms with Crippen LogP contribution < -0.4 is 21.3 Å². The van der Waals surface area contributed by atoms with Gasteiger partial charge in [-0.1, -0.05) is 77.5 Å². The van der Waals surface area contributed by atoms with Crippen molar-refractivity contribution in [1.29, 1.82) is 0 Å². The number of nitrogens with one attached hydrogen (secondary N) is 4. The Kier molecular flexibility index (Phi) is 74.4. The minimum Gasteiger partial charge on any atom is -0.478 e. The summed E-state index contributed by atoms with van der Waals surface area (Å²) in [5.74, 6) is -6.36. The van der Waals surface area contributed by atoms with E-state index in [0.29, 0.717) is 146 Å². The predicted octanol–water partition coefficient (Wildman–Crippen LogP) is 7.81. The lowest BCUT2D eigenvalue weighted by Crippen LogP contribution is -2.34. The molecule has 8 fully saturated rings. The van der Waals surface area contributed by atoms with Crippen LogP contribution in [0, 0.1) is 0 Å². The molecule has 0 spiro atoms. The van der Waals surface area contributed by atoms with Gasteiger partial charge in [-0.3, -0.25) is 57.5 Å². The van der Waals surface area contributed by atoms with E-state index in [4.69, 9.17) is 34.3 Å². The van der Waals surface area contributed by atoms with E-state index in [0.717, 1.165) is 313 Å². The summed E-state index contributed by atoms with van der Waals surface area (Å²) in [6.45, 7) is 28.9. The molecule has 42 nitrogen and oxygen atoms in total. The number of hydrogen-bond acceptors (Lipinski definition) is 27. The van der Waals surface area contributed by atoms with Gasteiger partial charge in [0.1, 0.15) is 13.2 Å². The zero-order valence-corrected chi connectivity index (χ0v) is 85.8. The first kappa shape index (κ1) is 130. The molecule has 0 aromatic heterocycles. The van der Waals surface area contributed by atoms with Crippen LogP contribution in [0.4, 0.5) is 0 Å². The van der Waals surface area contributed by atoms with Crippen LogP contribution in [-0.2, 0) is 129 Å². The zero-order valence-electron chi connectivity index (χ0n) is 85.8. The van der Waals surface area contributed by atoms with Gasteiger partial charge in [0.05, 0.1) is 40.5 Å². The molecule has 0 aromatic rings. The molecule has 8 aliphatic rings. The highest BCUT2D eigenvalue weighted by Crippen LogP contribution is 2.19. The van der Waals surface area contributed by atoms with Crippen LogP contribution in [0.1, 0.15) is 258 Å². The molecule has 8 aliphatic heterocycles. The van der Waals surface area contributed by atoms with Gasteiger partial charge in [0.25, 0.3) is 0 Å². The van der Waals surface area contributed by atoms with E-state index < -0.39 is 53.7 Å². The van der Waals surface area contributed by atoms with Crippen LogP contribution in [0.25, 0.3) is 0 Å². The number of likely N-dealkylation sites (tertiary alicyclic amines) is 8. The second kappa shape index (κ2) is 83.1. The van der Waals surface area contributed by atoms with Crippen molar-refractivity contribution in [3.63, 3.8) is 0 Å². The summed E-state index contributed by atoms with van der Waals surface area (Å²) in [4.78, 5) is 246. The number of unbranched alkanes of at least 4 members (excludes halogenated alkanes) is 12. The molecule has 0 bridgehead atoms. The van der Waals surface area contributed by atoms with Gasteiger partial charge in [-0.15, -0.1) is 0 Å². The minimum atomic E-state index is -1.20. The lowest BCUT2D eigenvalue weighted by molar-refractivity contribution is -0.140. The molecular formula is C103H160N12O30. The maximum atomic E-state index is 11.8. The van der Waals surface area contributed by atoms with Crippen LogP contribution >= 0.6 is 0 Å². The van der Waals surface area contributed by atoms with Crippen molar-refractivity contribution >= 4 is 125 Å². The average Bonchev–Trinajstić information content (AvgIpc) is 1.80. The zero-order chi connectivity index (χ0) is 108. The number of hydrogen-bond donors (Lipinski definition) is 7. The largest absolute Gasteiger partial charge is 0.478 e. The molecule has 7 N–H and O–H groups in total. The van der Waals surface area contributed by atoms with Gasteiger partial charge in [0.15, 0.2) is 0 Å². The van der Waals surface area contributed by atoms with Crippen molar-refractivity contribution in [2.24, 2.45) is 0 Å². The summed E-state index contributed by atoms with van der Waals surface area (Å²) in [5.41, 5.74) is 1.01. The molecule has 812 valence electrons. The van der Waals surface area contributed by atoms with E-state index in [1.54, 1.807) is 33.4 Å². The van der Waals surface area contributed by atoms with Crippen molar-refractivity contribution in [3.8, 4) is 0 Å². The van der Waals surface area contributed by atoms with E-state index in [2.05, 4.69) is 50.5 Å². The summed E-state index contributed by atoms with van der Waals surface area (Å²) < 4.78 is 28.1. The molecule has 0 unspecified atom stereocenters. The Morgan fingerprint density at radius 1 is 0.269 bits per heavy atom. The van der Waals surface area contributed by atoms with E-state index in [1.165, 1.54) is 39.6 Å². The van der Waals surface area contributed by atoms with Crippen LogP contribution in [0.3, 0.4) is 0 Å². The number of methoxy groups -OCH3 is 2. The fourth-order valence-corrected chi connectivity index (χ4v) is 14.9. The molecule has 0 aromatic carbocycles. The number of carboxylic acid groups (broad SMARTS) is 3. The third-order valence-electron chi connectivity index (χ3n) is 23.0. The van der Waals surface area contributed by atoms with Gasteiger partial charge < -0.3 is 104 Å². The van der Waals surface area contributed by atoms with Crippen LogP contribution in [0.15, 0.2) is 97.7 Å². The first-order valence-electron chi connectivity index (χ1n) is 50.7. The molecule has 8 heterocycles. The number of amides is 12. The van der Waals surface area contributed by atoms with E-state index in [1.807, 2.05) is 19.6 Å². The third-order valence-corrected chi connectivity index (χ3v) is 23.0. The van der Waals surface area contributed by atoms with E-state index in [-0.39, 0.29) is 66.4 Å². The molecule has 0 atom stereocenters. The highest BCUT2D eigenvalue weighted by atomic mass is 16.6. The van der Waals surface area contributed by atoms with Crippen molar-refractivity contribution in [2.45, 2.75) is 258 Å². The van der Waals surface area contributed by atoms with Crippen molar-refractivity contribution < 1.29 is 144 Å². The van der Waals surface area contributed by atoms with Crippen molar-refractivity contribution in [2.75, 3.05) is 172 Å². The van der Waals surface area contributed by atoms with Crippen LogP contribution in [0.5, 0.6) is 0 Å². The standard InChI is InChI=1S/C16H28N2O2.C16H27NO3.C15H26N2O2.C14H21NO5.C11H16N2O4.C11H15NO5.C10H14N2O4.C10H13NO5/c1-14(2)16(20)17-11-7-3-4-8-12-18-13-9-5-6-10-15(18)19;1-14(2)16(19)20-13-9-4-3-7-11-17-12-8-5-6-10-15(17)18;1-2-14(18)16-11-7-3-4-8-12-17-13-9-5-6-10-15(17)19;16-12-6-5-10-15(12)9-3-1-2-4-11-20-14(19)8-7-13(17)18;1-17-11(16)5-4-9(14)12-6-8-13-7-2-3-10(13)15;1-16-10(14)4-5-11(15)17-8-7-12-6-2-3-9(12)13;13-8(3-4-10(15)16)11-5-7-12-6-1-2-9(12)14;12-8-2-1-5-11(8)6-7-16-10(15)4-3-9(13)14/h1,3-13H2,2H3,(H,17,20);1,3-13H2,2H3;2H,1,3-13H2,(H,16,18);7-8H,1-6,9-11H2,(H,17,18);4-5H,2-3,6-8H2,1H3,(H,12,14);4-5H,2-3,6-8H2,1H3;3-4H,1-2,5-7H2,(H,11,13)(H,15,16);3-4H,1-2,5-7H2,(H,13,14). The second-order valence-corrected chi connectivity index (χ2v) is 34.9. The second-order valence-electron chi connectivity index (χ2n) is 34.9. The SMILES string of the molecule is C=C(C)C(=O)NCCCCCCN1CCCCCC1=O.C=C(C)C(=O)OCCCCCCN1CCCCCC1=O.C=CC(=O)NCCCCCCN1CCCCCC1=O.COC(=O)C=CC(=O)NCCN1CCCC1=O.COC(=O)C=CC(=O)OCCN1CCCC1=O.O=C(O)C=CC(=O)NCCN1CCCC1=O.O=C(O)C=CC(=O)OCCCCCCN1CCCC1=O.O=C(O)C=CC(=O)OCCN1CCCC1=O. The fourth-order valence-electron chi connectivity index (χ4n) is 14.9. The first-order chi connectivity index (χ1) is 69.5.